The summed E-state index contributed by atoms with van der Waals surface area (Å²) in [5.41, 5.74) is 2.93. The van der Waals surface area contributed by atoms with Crippen molar-refractivity contribution in [1.82, 2.24) is 30.0 Å². The third-order valence-electron chi connectivity index (χ3n) is 6.86. The molecule has 0 saturated carbocycles. The van der Waals surface area contributed by atoms with Crippen LogP contribution in [0.3, 0.4) is 0 Å². The van der Waals surface area contributed by atoms with Crippen molar-refractivity contribution in [2.24, 2.45) is 13.0 Å². The number of hydrogen-bond donors (Lipinski definition) is 3. The molecule has 0 aliphatic carbocycles. The highest BCUT2D eigenvalue weighted by Gasteiger charge is 2.33. The van der Waals surface area contributed by atoms with Gasteiger partial charge in [-0.3, -0.25) is 14.7 Å². The van der Waals surface area contributed by atoms with Crippen LogP contribution in [-0.4, -0.2) is 55.6 Å². The molecule has 0 radical (unpaired) electrons. The molecule has 1 fully saturated rings. The number of nitrogens with zero attached hydrogens (tertiary/aromatic N) is 4. The van der Waals surface area contributed by atoms with Crippen LogP contribution in [0.2, 0.25) is 5.02 Å². The Morgan fingerprint density at radius 1 is 1.31 bits per heavy atom. The van der Waals surface area contributed by atoms with Gasteiger partial charge in [0.25, 0.3) is 5.91 Å². The third-order valence-corrected chi connectivity index (χ3v) is 7.18. The Hall–Kier alpha value is -3.33. The van der Waals surface area contributed by atoms with Crippen molar-refractivity contribution in [2.75, 3.05) is 18.4 Å². The summed E-state index contributed by atoms with van der Waals surface area (Å²) in [4.78, 5) is 31.5. The fourth-order valence-electron chi connectivity index (χ4n) is 4.78. The maximum atomic E-state index is 13.2. The van der Waals surface area contributed by atoms with Crippen molar-refractivity contribution < 1.29 is 9.59 Å². The smallest absolute Gasteiger partial charge is 0.270 e. The molecule has 192 valence electrons. The third kappa shape index (κ3) is 4.84. The number of aryl methyl sites for hydroxylation is 1. The number of aromatic amines is 1. The van der Waals surface area contributed by atoms with E-state index in [0.29, 0.717) is 47.7 Å². The maximum absolute atomic E-state index is 13.2. The fourth-order valence-corrected chi connectivity index (χ4v) is 5.23. The minimum Gasteiger partial charge on any atom is -0.361 e. The van der Waals surface area contributed by atoms with Crippen molar-refractivity contribution in [3.05, 3.63) is 52.6 Å². The van der Waals surface area contributed by atoms with Crippen LogP contribution in [0, 0.1) is 12.8 Å². The molecule has 36 heavy (non-hydrogen) atoms. The highest BCUT2D eigenvalue weighted by Crippen LogP contribution is 2.34. The number of benzene rings is 1. The van der Waals surface area contributed by atoms with Gasteiger partial charge in [-0.1, -0.05) is 45.9 Å². The van der Waals surface area contributed by atoms with Gasteiger partial charge in [-0.2, -0.15) is 5.10 Å². The molecule has 9 nitrogen and oxygen atoms in total. The van der Waals surface area contributed by atoms with Crippen LogP contribution in [0.1, 0.15) is 55.3 Å². The predicted molar refractivity (Wildman–Crippen MR) is 142 cm³/mol. The first-order valence-electron chi connectivity index (χ1n) is 12.1. The minimum absolute atomic E-state index is 0.105. The second-order valence-electron chi connectivity index (χ2n) is 10.6. The Bertz CT molecular complexity index is 1330. The summed E-state index contributed by atoms with van der Waals surface area (Å²) < 4.78 is 1.80. The van der Waals surface area contributed by atoms with Crippen LogP contribution in [0.5, 0.6) is 0 Å². The predicted octanol–water partition coefficient (Wildman–Crippen LogP) is 3.93. The van der Waals surface area contributed by atoms with E-state index in [9.17, 15) is 9.59 Å². The Labute approximate surface area is 216 Å². The van der Waals surface area contributed by atoms with Crippen molar-refractivity contribution in [1.29, 1.82) is 0 Å². The first-order chi connectivity index (χ1) is 16.9. The molecule has 3 N–H and O–H groups in total. The van der Waals surface area contributed by atoms with Gasteiger partial charge in [0.1, 0.15) is 11.5 Å². The van der Waals surface area contributed by atoms with E-state index in [4.69, 9.17) is 11.6 Å². The number of carbonyl (C=O) groups excluding carboxylic acids is 2. The summed E-state index contributed by atoms with van der Waals surface area (Å²) in [6.45, 7) is 15.2. The average Bonchev–Trinajstić information content (AvgIpc) is 3.45. The molecule has 1 aliphatic rings. The van der Waals surface area contributed by atoms with E-state index in [0.717, 1.165) is 16.5 Å². The number of imidazole rings is 1. The Balaban J connectivity index is 1.50. The molecule has 0 bridgehead atoms. The van der Waals surface area contributed by atoms with Crippen molar-refractivity contribution in [3.8, 4) is 0 Å². The van der Waals surface area contributed by atoms with E-state index in [2.05, 4.69) is 59.2 Å². The molecule has 3 heterocycles. The van der Waals surface area contributed by atoms with Gasteiger partial charge < -0.3 is 20.1 Å². The lowest BCUT2D eigenvalue weighted by atomic mass is 9.86. The van der Waals surface area contributed by atoms with Crippen molar-refractivity contribution >= 4 is 40.1 Å². The minimum atomic E-state index is -0.201. The van der Waals surface area contributed by atoms with E-state index in [1.807, 2.05) is 27.0 Å². The van der Waals surface area contributed by atoms with Gasteiger partial charge in [-0.15, -0.1) is 0 Å². The molecule has 10 heteroatoms. The van der Waals surface area contributed by atoms with Gasteiger partial charge in [0.15, 0.2) is 5.82 Å². The second kappa shape index (κ2) is 9.61. The van der Waals surface area contributed by atoms with Gasteiger partial charge in [-0.25, -0.2) is 4.98 Å². The molecular weight excluding hydrogens is 478 g/mol. The number of hydrogen-bond acceptors (Lipinski definition) is 5. The Morgan fingerprint density at radius 3 is 2.69 bits per heavy atom. The second-order valence-corrected chi connectivity index (χ2v) is 11.0. The molecule has 0 spiro atoms. The van der Waals surface area contributed by atoms with E-state index < -0.39 is 0 Å². The van der Waals surface area contributed by atoms with Gasteiger partial charge in [0, 0.05) is 30.5 Å². The zero-order valence-corrected chi connectivity index (χ0v) is 22.5. The quantitative estimate of drug-likeness (QED) is 0.434. The van der Waals surface area contributed by atoms with Gasteiger partial charge in [0.2, 0.25) is 5.91 Å². The summed E-state index contributed by atoms with van der Waals surface area (Å²) >= 11 is 6.50. The summed E-state index contributed by atoms with van der Waals surface area (Å²) in [5, 5.41) is 15.5. The highest BCUT2D eigenvalue weighted by molar-refractivity contribution is 6.32. The molecule has 1 saturated heterocycles. The lowest BCUT2D eigenvalue weighted by molar-refractivity contribution is -0.125. The molecule has 0 unspecified atom stereocenters. The largest absolute Gasteiger partial charge is 0.361 e. The molecule has 1 aromatic carbocycles. The SMILES string of the molecule is C=CC(=O)N1C[C@@H](C)[C@@H](NC(=O)c2c(C)nc(CNc3n[nH]c4cc(Cl)c(C(C)(C)C)cc34)n2C)C1. The standard InChI is InChI=1S/C26H34ClN7O2/c1-8-22(35)34-12-14(2)20(13-34)30-25(36)23-15(3)29-21(33(23)7)11-28-24-16-9-17(26(4,5)6)18(27)10-19(16)31-32-24/h8-10,14,20H,1,11-13H2,2-7H3,(H,30,36)(H2,28,31,32)/t14-,20+/m1/s1. The molecule has 4 rings (SSSR count). The number of nitrogens with one attached hydrogen (secondary N) is 3. The zero-order valence-electron chi connectivity index (χ0n) is 21.7. The normalized spacial score (nSPS) is 18.0. The molecule has 2 atom stereocenters. The van der Waals surface area contributed by atoms with Crippen molar-refractivity contribution in [2.45, 2.75) is 52.6 Å². The van der Waals surface area contributed by atoms with E-state index in [1.54, 1.807) is 9.47 Å². The number of aromatic nitrogens is 4. The summed E-state index contributed by atoms with van der Waals surface area (Å²) in [6, 6.07) is 3.84. The number of H-pyrrole nitrogens is 1. The van der Waals surface area contributed by atoms with Crippen LogP contribution in [0.4, 0.5) is 5.82 Å². The Kier molecular flexibility index (Phi) is 6.88. The van der Waals surface area contributed by atoms with Gasteiger partial charge in [-0.05, 0) is 42.0 Å². The molecule has 2 aromatic heterocycles. The van der Waals surface area contributed by atoms with Crippen molar-refractivity contribution in [3.63, 3.8) is 0 Å². The van der Waals surface area contributed by atoms with E-state index in [1.165, 1.54) is 6.08 Å². The molecule has 2 amide bonds. The van der Waals surface area contributed by atoms with Gasteiger partial charge >= 0.3 is 0 Å². The number of likely N-dealkylation sites (tertiary alicyclic amines) is 1. The Morgan fingerprint density at radius 2 is 2.03 bits per heavy atom. The number of carbonyl (C=O) groups is 2. The number of fused-ring (bicyclic) bond motifs is 1. The lowest BCUT2D eigenvalue weighted by Crippen LogP contribution is -2.41. The van der Waals surface area contributed by atoms with E-state index in [-0.39, 0.29) is 29.2 Å². The average molecular weight is 512 g/mol. The number of amides is 2. The first-order valence-corrected chi connectivity index (χ1v) is 12.4. The summed E-state index contributed by atoms with van der Waals surface area (Å²) in [7, 11) is 1.83. The lowest BCUT2D eigenvalue weighted by Gasteiger charge is -2.20. The van der Waals surface area contributed by atoms with Crippen LogP contribution >= 0.6 is 11.6 Å². The fraction of sp³-hybridized carbons (Fsp3) is 0.462. The van der Waals surface area contributed by atoms with Crippen LogP contribution < -0.4 is 10.6 Å². The number of anilines is 1. The maximum Gasteiger partial charge on any atom is 0.270 e. The zero-order chi connectivity index (χ0) is 26.4. The summed E-state index contributed by atoms with van der Waals surface area (Å²) in [5.74, 6) is 1.24. The molecule has 1 aliphatic heterocycles. The number of rotatable bonds is 6. The number of halogens is 1. The molecular formula is C26H34ClN7O2. The van der Waals surface area contributed by atoms with Crippen LogP contribution in [0.15, 0.2) is 24.8 Å². The highest BCUT2D eigenvalue weighted by atomic mass is 35.5. The van der Waals surface area contributed by atoms with Crippen LogP contribution in [0.25, 0.3) is 10.9 Å². The monoisotopic (exact) mass is 511 g/mol. The summed E-state index contributed by atoms with van der Waals surface area (Å²) in [6.07, 6.45) is 1.31. The van der Waals surface area contributed by atoms with Gasteiger partial charge in [0.05, 0.1) is 23.8 Å². The van der Waals surface area contributed by atoms with E-state index >= 15 is 0 Å². The first kappa shape index (κ1) is 25.8. The molecule has 3 aromatic rings. The topological polar surface area (TPSA) is 108 Å². The van der Waals surface area contributed by atoms with Crippen LogP contribution in [-0.2, 0) is 23.8 Å².